The molecular weight excluding hydrogens is 514 g/mol. The Balaban J connectivity index is 1.59. The molecule has 3 aliphatic heterocycles. The number of hydrogen-bond acceptors (Lipinski definition) is 8. The fourth-order valence-electron chi connectivity index (χ4n) is 9.43. The van der Waals surface area contributed by atoms with Crippen LogP contribution in [0.2, 0.25) is 0 Å². The minimum Gasteiger partial charge on any atom is -0.496 e. The van der Waals surface area contributed by atoms with Gasteiger partial charge in [0, 0.05) is 35.3 Å². The molecule has 1 amide bonds. The highest BCUT2D eigenvalue weighted by atomic mass is 16.7. The van der Waals surface area contributed by atoms with Gasteiger partial charge in [-0.05, 0) is 64.0 Å². The molecule has 3 aliphatic carbocycles. The van der Waals surface area contributed by atoms with Gasteiger partial charge < -0.3 is 29.7 Å². The van der Waals surface area contributed by atoms with E-state index in [-0.39, 0.29) is 30.4 Å². The maximum absolute atomic E-state index is 14.7. The van der Waals surface area contributed by atoms with Gasteiger partial charge in [0.25, 0.3) is 0 Å². The first-order valence-electron chi connectivity index (χ1n) is 14.5. The Morgan fingerprint density at radius 1 is 1.15 bits per heavy atom. The van der Waals surface area contributed by atoms with Crippen LogP contribution in [-0.4, -0.2) is 52.7 Å². The van der Waals surface area contributed by atoms with E-state index in [1.165, 1.54) is 7.11 Å². The molecule has 9 nitrogen and oxygen atoms in total. The first-order chi connectivity index (χ1) is 18.9. The van der Waals surface area contributed by atoms with Crippen molar-refractivity contribution < 1.29 is 38.8 Å². The summed E-state index contributed by atoms with van der Waals surface area (Å²) in [5.41, 5.74) is -3.33. The quantitative estimate of drug-likeness (QED) is 0.378. The van der Waals surface area contributed by atoms with E-state index < -0.39 is 51.9 Å². The van der Waals surface area contributed by atoms with Crippen LogP contribution in [0.5, 0.6) is 5.75 Å². The van der Waals surface area contributed by atoms with Crippen LogP contribution < -0.4 is 10.1 Å². The number of rotatable bonds is 2. The Kier molecular flexibility index (Phi) is 5.07. The summed E-state index contributed by atoms with van der Waals surface area (Å²) in [6, 6.07) is 1.76. The number of cyclic esters (lactones) is 1. The largest absolute Gasteiger partial charge is 0.496 e. The second-order valence-electron chi connectivity index (χ2n) is 13.0. The molecule has 3 N–H and O–H groups in total. The van der Waals surface area contributed by atoms with Crippen LogP contribution in [0.15, 0.2) is 18.2 Å². The molecule has 1 aromatic carbocycles. The third-order valence-electron chi connectivity index (χ3n) is 11.3. The van der Waals surface area contributed by atoms with E-state index in [4.69, 9.17) is 14.2 Å². The zero-order valence-electron chi connectivity index (χ0n) is 23.6. The Labute approximate surface area is 233 Å². The van der Waals surface area contributed by atoms with Crippen molar-refractivity contribution in [2.24, 2.45) is 22.7 Å². The van der Waals surface area contributed by atoms with Gasteiger partial charge in [-0.1, -0.05) is 19.1 Å². The molecule has 2 saturated carbocycles. The van der Waals surface area contributed by atoms with Crippen LogP contribution in [0.25, 0.3) is 0 Å². The first kappa shape index (κ1) is 26.2. The van der Waals surface area contributed by atoms with E-state index in [9.17, 15) is 24.6 Å². The number of aliphatic hydroxyl groups excluding tert-OH is 1. The molecule has 0 radical (unpaired) electrons. The number of nitrogens with one attached hydrogen (secondary N) is 1. The number of Topliss-reactive ketones (excluding diaryl/α,β-unsaturated/α-hetero) is 1. The molecule has 214 valence electrons. The number of benzene rings is 1. The maximum atomic E-state index is 14.7. The van der Waals surface area contributed by atoms with E-state index in [0.717, 1.165) is 6.42 Å². The lowest BCUT2D eigenvalue weighted by atomic mass is 9.60. The van der Waals surface area contributed by atoms with Gasteiger partial charge in [0.2, 0.25) is 5.91 Å². The number of allylic oxidation sites excluding steroid dienone is 1. The fraction of sp³-hybridized carbons (Fsp3) is 0.645. The summed E-state index contributed by atoms with van der Waals surface area (Å²) in [6.07, 6.45) is 4.15. The Hall–Kier alpha value is -2.75. The van der Waals surface area contributed by atoms with Crippen molar-refractivity contribution >= 4 is 17.7 Å². The highest BCUT2D eigenvalue weighted by Crippen LogP contribution is 2.87. The number of aryl methyl sites for hydroxylation is 1. The summed E-state index contributed by atoms with van der Waals surface area (Å²) < 4.78 is 19.0. The molecule has 7 rings (SSSR count). The third kappa shape index (κ3) is 2.55. The summed E-state index contributed by atoms with van der Waals surface area (Å²) in [5.74, 6) is -3.35. The molecule has 3 fully saturated rings. The molecule has 0 aromatic heterocycles. The summed E-state index contributed by atoms with van der Waals surface area (Å²) in [5, 5.41) is 26.6. The van der Waals surface area contributed by atoms with Crippen LogP contribution >= 0.6 is 0 Å². The molecule has 3 bridgehead atoms. The lowest BCUT2D eigenvalue weighted by Gasteiger charge is -2.49. The van der Waals surface area contributed by atoms with Gasteiger partial charge in [0.05, 0.1) is 12.7 Å². The lowest BCUT2D eigenvalue weighted by Crippen LogP contribution is -2.63. The van der Waals surface area contributed by atoms with Gasteiger partial charge in [-0.3, -0.25) is 14.4 Å². The van der Waals surface area contributed by atoms with Crippen molar-refractivity contribution in [1.82, 2.24) is 5.32 Å². The highest BCUT2D eigenvalue weighted by molar-refractivity contribution is 6.14. The molecule has 8 unspecified atom stereocenters. The van der Waals surface area contributed by atoms with Gasteiger partial charge in [-0.2, -0.15) is 0 Å². The fourth-order valence-corrected chi connectivity index (χ4v) is 9.43. The van der Waals surface area contributed by atoms with E-state index in [2.05, 4.69) is 5.32 Å². The molecule has 40 heavy (non-hydrogen) atoms. The second-order valence-corrected chi connectivity index (χ2v) is 13.0. The van der Waals surface area contributed by atoms with Gasteiger partial charge in [0.15, 0.2) is 11.6 Å². The number of hydrogen-bond donors (Lipinski definition) is 3. The van der Waals surface area contributed by atoms with Crippen molar-refractivity contribution in [2.45, 2.75) is 95.4 Å². The molecular formula is C31H37NO8. The van der Waals surface area contributed by atoms with Crippen molar-refractivity contribution in [1.29, 1.82) is 0 Å². The Morgan fingerprint density at radius 3 is 2.52 bits per heavy atom. The molecule has 9 heteroatoms. The predicted octanol–water partition coefficient (Wildman–Crippen LogP) is 2.91. The molecule has 3 heterocycles. The molecule has 3 spiro atoms. The van der Waals surface area contributed by atoms with Crippen LogP contribution in [0.1, 0.15) is 86.3 Å². The highest BCUT2D eigenvalue weighted by Gasteiger charge is 2.95. The predicted molar refractivity (Wildman–Crippen MR) is 141 cm³/mol. The molecule has 1 aromatic rings. The zero-order chi connectivity index (χ0) is 28.6. The van der Waals surface area contributed by atoms with Crippen molar-refractivity contribution in [3.63, 3.8) is 0 Å². The van der Waals surface area contributed by atoms with Crippen molar-refractivity contribution in [2.75, 3.05) is 7.11 Å². The second kappa shape index (κ2) is 7.75. The smallest absolute Gasteiger partial charge is 0.315 e. The van der Waals surface area contributed by atoms with E-state index in [1.807, 2.05) is 19.9 Å². The minimum absolute atomic E-state index is 0.0165. The monoisotopic (exact) mass is 551 g/mol. The minimum atomic E-state index is -1.85. The summed E-state index contributed by atoms with van der Waals surface area (Å²) in [4.78, 5) is 42.4. The number of ketones is 1. The Morgan fingerprint density at radius 2 is 1.88 bits per heavy atom. The summed E-state index contributed by atoms with van der Waals surface area (Å²) in [6.45, 7) is 7.23. The lowest BCUT2D eigenvalue weighted by molar-refractivity contribution is -0.304. The van der Waals surface area contributed by atoms with Crippen molar-refractivity contribution in [3.05, 3.63) is 40.5 Å². The van der Waals surface area contributed by atoms with E-state index >= 15 is 0 Å². The maximum Gasteiger partial charge on any atom is 0.315 e. The van der Waals surface area contributed by atoms with Crippen LogP contribution in [0, 0.1) is 29.6 Å². The van der Waals surface area contributed by atoms with E-state index in [0.29, 0.717) is 47.3 Å². The van der Waals surface area contributed by atoms with Gasteiger partial charge >= 0.3 is 5.97 Å². The van der Waals surface area contributed by atoms with Crippen molar-refractivity contribution in [3.8, 4) is 5.75 Å². The number of carbonyl (C=O) groups excluding carboxylic acids is 3. The average Bonchev–Trinajstić information content (AvgIpc) is 3.56. The summed E-state index contributed by atoms with van der Waals surface area (Å²) in [7, 11) is 1.53. The Bertz CT molecular complexity index is 1410. The SMILES string of the molecule is CCC1/C=C\C(O)C(C)OC(=O)C2(C)C3CC(=O)NC34C(=O)c3cc(C)c(OC)c5c3C2(OC5(O)CC1)C41CC1. The third-order valence-corrected chi connectivity index (χ3v) is 11.3. The number of amides is 1. The molecule has 8 atom stereocenters. The number of methoxy groups -OCH3 is 1. The number of aliphatic hydroxyl groups is 2. The number of esters is 1. The number of fused-ring (bicyclic) bond motifs is 3. The average molecular weight is 552 g/mol. The zero-order valence-corrected chi connectivity index (χ0v) is 23.6. The normalized spacial score (nSPS) is 44.7. The number of carbonyl (C=O) groups is 3. The van der Waals surface area contributed by atoms with E-state index in [1.54, 1.807) is 26.0 Å². The topological polar surface area (TPSA) is 131 Å². The van der Waals surface area contributed by atoms with Gasteiger partial charge in [-0.25, -0.2) is 0 Å². The van der Waals surface area contributed by atoms with Crippen LogP contribution in [0.4, 0.5) is 0 Å². The molecule has 6 aliphatic rings. The standard InChI is InChI=1S/C31H37NO8/c1-6-17-7-8-19(33)16(3)39-26(36)27(4)20-14-21(34)32-30(20)25(35)18-13-15(2)24(38-5)23-22(18)31(27,28(30)11-12-28)40-29(23,37)10-9-17/h7-8,13,16-17,19-20,33,37H,6,9-12,14H2,1-5H3,(H,32,34)/b8-7-. The van der Waals surface area contributed by atoms with Gasteiger partial charge in [-0.15, -0.1) is 0 Å². The van der Waals surface area contributed by atoms with Crippen LogP contribution in [0.3, 0.4) is 0 Å². The first-order valence-corrected chi connectivity index (χ1v) is 14.5. The number of ether oxygens (including phenoxy) is 3. The summed E-state index contributed by atoms with van der Waals surface area (Å²) >= 11 is 0. The molecule has 1 saturated heterocycles. The van der Waals surface area contributed by atoms with Gasteiger partial charge in [0.1, 0.15) is 34.5 Å². The van der Waals surface area contributed by atoms with Crippen LogP contribution in [-0.2, 0) is 30.5 Å².